The van der Waals surface area contributed by atoms with E-state index in [0.29, 0.717) is 22.8 Å². The maximum Gasteiger partial charge on any atom is 0.260 e. The normalized spacial score (nSPS) is 11.3. The van der Waals surface area contributed by atoms with Crippen molar-refractivity contribution in [2.45, 2.75) is 20.3 Å². The summed E-state index contributed by atoms with van der Waals surface area (Å²) < 4.78 is 14.8. The molecule has 0 radical (unpaired) electrons. The molecular weight excluding hydrogens is 361 g/mol. The molecule has 27 heavy (non-hydrogen) atoms. The number of carbonyl (C=O) groups excluding carboxylic acids is 1. The number of aromatic nitrogens is 1. The number of halogens is 1. The lowest BCUT2D eigenvalue weighted by Gasteiger charge is -2.21. The molecule has 3 rings (SSSR count). The Morgan fingerprint density at radius 3 is 2.63 bits per heavy atom. The molecule has 0 aliphatic carbocycles. The zero-order valence-electron chi connectivity index (χ0n) is 16.2. The molecule has 6 heteroatoms. The second-order valence-corrected chi connectivity index (χ2v) is 8.16. The summed E-state index contributed by atoms with van der Waals surface area (Å²) in [5, 5.41) is 0.548. The van der Waals surface area contributed by atoms with Gasteiger partial charge in [-0.1, -0.05) is 23.5 Å². The van der Waals surface area contributed by atoms with Gasteiger partial charge in [0.2, 0.25) is 0 Å². The highest BCUT2D eigenvalue weighted by molar-refractivity contribution is 7.22. The third kappa shape index (κ3) is 4.34. The number of carbonyl (C=O) groups is 1. The van der Waals surface area contributed by atoms with Gasteiger partial charge in [0.1, 0.15) is 11.3 Å². The number of rotatable bonds is 6. The summed E-state index contributed by atoms with van der Waals surface area (Å²) in [5.74, 6) is -0.447. The Hall–Kier alpha value is -2.31. The number of benzene rings is 2. The van der Waals surface area contributed by atoms with Crippen molar-refractivity contribution >= 4 is 32.6 Å². The van der Waals surface area contributed by atoms with Crippen LogP contribution in [0.3, 0.4) is 0 Å². The zero-order chi connectivity index (χ0) is 19.6. The van der Waals surface area contributed by atoms with E-state index in [4.69, 9.17) is 0 Å². The molecule has 0 unspecified atom stereocenters. The third-order valence-corrected chi connectivity index (χ3v) is 5.69. The summed E-state index contributed by atoms with van der Waals surface area (Å²) in [4.78, 5) is 20.7. The van der Waals surface area contributed by atoms with Crippen molar-refractivity contribution in [3.63, 3.8) is 0 Å². The van der Waals surface area contributed by atoms with E-state index < -0.39 is 0 Å². The number of hydrogen-bond donors (Lipinski definition) is 1. The minimum Gasteiger partial charge on any atom is -0.340 e. The first-order valence-electron chi connectivity index (χ1n) is 9.10. The zero-order valence-corrected chi connectivity index (χ0v) is 17.0. The molecule has 1 N–H and O–H groups in total. The van der Waals surface area contributed by atoms with Crippen molar-refractivity contribution in [1.82, 2.24) is 4.98 Å². The second-order valence-electron chi connectivity index (χ2n) is 7.15. The number of aryl methyl sites for hydroxylation is 2. The van der Waals surface area contributed by atoms with Gasteiger partial charge < -0.3 is 4.90 Å². The summed E-state index contributed by atoms with van der Waals surface area (Å²) in [6, 6.07) is 10.6. The van der Waals surface area contributed by atoms with E-state index in [9.17, 15) is 9.18 Å². The van der Waals surface area contributed by atoms with Crippen molar-refractivity contribution in [3.05, 3.63) is 58.9 Å². The Morgan fingerprint density at radius 2 is 1.96 bits per heavy atom. The molecular formula is C21H25FN3OS+. The average Bonchev–Trinajstić information content (AvgIpc) is 3.05. The summed E-state index contributed by atoms with van der Waals surface area (Å²) in [6.45, 7) is 5.52. The van der Waals surface area contributed by atoms with E-state index in [1.165, 1.54) is 22.3 Å². The molecule has 0 bridgehead atoms. The lowest BCUT2D eigenvalue weighted by molar-refractivity contribution is -0.858. The Morgan fingerprint density at radius 1 is 1.19 bits per heavy atom. The van der Waals surface area contributed by atoms with Gasteiger partial charge in [-0.25, -0.2) is 9.37 Å². The van der Waals surface area contributed by atoms with Crippen LogP contribution in [-0.2, 0) is 0 Å². The highest BCUT2D eigenvalue weighted by Gasteiger charge is 2.22. The molecule has 0 saturated carbocycles. The van der Waals surface area contributed by atoms with Crippen LogP contribution in [0.15, 0.2) is 36.4 Å². The predicted octanol–water partition coefficient (Wildman–Crippen LogP) is 3.23. The van der Waals surface area contributed by atoms with E-state index in [0.717, 1.165) is 28.8 Å². The number of nitrogens with zero attached hydrogens (tertiary/aromatic N) is 2. The largest absolute Gasteiger partial charge is 0.340 e. The number of anilines is 1. The fraction of sp³-hybridized carbons (Fsp3) is 0.333. The molecule has 3 aromatic rings. The minimum atomic E-state index is -0.355. The topological polar surface area (TPSA) is 37.6 Å². The molecule has 1 heterocycles. The summed E-state index contributed by atoms with van der Waals surface area (Å²) >= 11 is 1.36. The van der Waals surface area contributed by atoms with E-state index in [1.54, 1.807) is 11.0 Å². The molecule has 0 aliphatic rings. The Balaban J connectivity index is 1.97. The van der Waals surface area contributed by atoms with Gasteiger partial charge in [0, 0.05) is 18.5 Å². The van der Waals surface area contributed by atoms with Gasteiger partial charge in [0.25, 0.3) is 5.91 Å². The van der Waals surface area contributed by atoms with E-state index in [2.05, 4.69) is 19.1 Å². The fourth-order valence-electron chi connectivity index (χ4n) is 2.92. The standard InChI is InChI=1S/C21H24FN3OS/c1-14-9-10-16(13-15(14)2)20(26)25(12-6-11-24(3)4)21-23-19-17(22)7-5-8-18(19)27-21/h5,7-10,13H,6,11-12H2,1-4H3/p+1. The molecule has 1 aromatic heterocycles. The number of nitrogens with one attached hydrogen (secondary N) is 1. The monoisotopic (exact) mass is 386 g/mol. The summed E-state index contributed by atoms with van der Waals surface area (Å²) in [6.07, 6.45) is 0.845. The molecule has 0 fully saturated rings. The van der Waals surface area contributed by atoms with E-state index >= 15 is 0 Å². The van der Waals surface area contributed by atoms with Gasteiger partial charge in [-0.3, -0.25) is 9.69 Å². The van der Waals surface area contributed by atoms with Crippen LogP contribution >= 0.6 is 11.3 Å². The number of hydrogen-bond acceptors (Lipinski definition) is 3. The van der Waals surface area contributed by atoms with Crippen LogP contribution in [0.4, 0.5) is 9.52 Å². The van der Waals surface area contributed by atoms with Crippen LogP contribution in [0.1, 0.15) is 27.9 Å². The average molecular weight is 387 g/mol. The molecule has 1 amide bonds. The SMILES string of the molecule is Cc1ccc(C(=O)N(CCC[NH+](C)C)c2nc3c(F)cccc3s2)cc1C. The number of fused-ring (bicyclic) bond motifs is 1. The van der Waals surface area contributed by atoms with Crippen molar-refractivity contribution in [3.8, 4) is 0 Å². The molecule has 2 aromatic carbocycles. The summed E-state index contributed by atoms with van der Waals surface area (Å²) in [5.41, 5.74) is 3.19. The minimum absolute atomic E-state index is 0.0914. The van der Waals surface area contributed by atoms with Gasteiger partial charge >= 0.3 is 0 Å². The molecule has 0 saturated heterocycles. The first kappa shape index (κ1) is 19.5. The maximum absolute atomic E-state index is 14.1. The van der Waals surface area contributed by atoms with Crippen LogP contribution in [0.5, 0.6) is 0 Å². The first-order chi connectivity index (χ1) is 12.9. The Bertz CT molecular complexity index is 967. The maximum atomic E-state index is 14.1. The van der Waals surface area contributed by atoms with Gasteiger partial charge in [-0.15, -0.1) is 0 Å². The number of thiazole rings is 1. The summed E-state index contributed by atoms with van der Waals surface area (Å²) in [7, 11) is 4.17. The Kier molecular flexibility index (Phi) is 5.87. The number of amides is 1. The molecule has 0 atom stereocenters. The van der Waals surface area contributed by atoms with Crippen LogP contribution in [-0.4, -0.2) is 38.1 Å². The smallest absolute Gasteiger partial charge is 0.260 e. The van der Waals surface area contributed by atoms with Crippen LogP contribution in [0.25, 0.3) is 10.2 Å². The van der Waals surface area contributed by atoms with E-state index in [-0.39, 0.29) is 11.7 Å². The molecule has 142 valence electrons. The predicted molar refractivity (Wildman–Crippen MR) is 109 cm³/mol. The van der Waals surface area contributed by atoms with E-state index in [1.807, 2.05) is 38.1 Å². The van der Waals surface area contributed by atoms with Crippen molar-refractivity contribution < 1.29 is 14.1 Å². The highest BCUT2D eigenvalue weighted by atomic mass is 32.1. The van der Waals surface area contributed by atoms with Gasteiger partial charge in [0.15, 0.2) is 5.13 Å². The van der Waals surface area contributed by atoms with Crippen LogP contribution < -0.4 is 9.80 Å². The van der Waals surface area contributed by atoms with Crippen molar-refractivity contribution in [2.75, 3.05) is 32.1 Å². The van der Waals surface area contributed by atoms with Crippen molar-refractivity contribution in [2.24, 2.45) is 0 Å². The number of para-hydroxylation sites is 1. The highest BCUT2D eigenvalue weighted by Crippen LogP contribution is 2.31. The van der Waals surface area contributed by atoms with Crippen LogP contribution in [0.2, 0.25) is 0 Å². The Labute approximate surface area is 163 Å². The lowest BCUT2D eigenvalue weighted by Crippen LogP contribution is -3.05. The third-order valence-electron chi connectivity index (χ3n) is 4.65. The molecule has 0 aliphatic heterocycles. The van der Waals surface area contributed by atoms with Gasteiger partial charge in [-0.05, 0) is 49.2 Å². The first-order valence-corrected chi connectivity index (χ1v) is 9.91. The second kappa shape index (κ2) is 8.15. The van der Waals surface area contributed by atoms with Crippen LogP contribution in [0, 0.1) is 19.7 Å². The van der Waals surface area contributed by atoms with Gasteiger partial charge in [-0.2, -0.15) is 0 Å². The fourth-order valence-corrected chi connectivity index (χ4v) is 3.93. The quantitative estimate of drug-likeness (QED) is 0.706. The van der Waals surface area contributed by atoms with Crippen molar-refractivity contribution in [1.29, 1.82) is 0 Å². The van der Waals surface area contributed by atoms with Gasteiger partial charge in [0.05, 0.1) is 25.3 Å². The lowest BCUT2D eigenvalue weighted by atomic mass is 10.1. The molecule has 4 nitrogen and oxygen atoms in total. The number of quaternary nitrogens is 1. The molecule has 0 spiro atoms.